The van der Waals surface area contributed by atoms with Crippen LogP contribution in [0.3, 0.4) is 0 Å². The SMILES string of the molecule is CCOc1ccc(CN(Cc2nc(C(=O)NCC3CC3)co2)C(C)CC)cc1. The lowest BCUT2D eigenvalue weighted by molar-refractivity contribution is 0.0946. The molecule has 1 heterocycles. The van der Waals surface area contributed by atoms with Crippen LogP contribution >= 0.6 is 0 Å². The molecule has 1 fully saturated rings. The van der Waals surface area contributed by atoms with Crippen LogP contribution in [0.2, 0.25) is 0 Å². The zero-order valence-corrected chi connectivity index (χ0v) is 17.1. The molecule has 1 aromatic carbocycles. The van der Waals surface area contributed by atoms with E-state index >= 15 is 0 Å². The minimum absolute atomic E-state index is 0.150. The molecule has 6 heteroatoms. The van der Waals surface area contributed by atoms with Crippen LogP contribution in [0.4, 0.5) is 0 Å². The van der Waals surface area contributed by atoms with Crippen LogP contribution in [0, 0.1) is 5.92 Å². The van der Waals surface area contributed by atoms with Gasteiger partial charge < -0.3 is 14.5 Å². The van der Waals surface area contributed by atoms with Crippen LogP contribution < -0.4 is 10.1 Å². The number of carbonyl (C=O) groups is 1. The fourth-order valence-corrected chi connectivity index (χ4v) is 3.03. The number of oxazole rings is 1. The van der Waals surface area contributed by atoms with E-state index in [4.69, 9.17) is 9.15 Å². The molecule has 28 heavy (non-hydrogen) atoms. The molecule has 1 unspecified atom stereocenters. The molecular formula is C22H31N3O3. The van der Waals surface area contributed by atoms with Crippen molar-refractivity contribution in [2.45, 2.75) is 59.2 Å². The van der Waals surface area contributed by atoms with Gasteiger partial charge in [0.1, 0.15) is 12.0 Å². The number of hydrogen-bond donors (Lipinski definition) is 1. The fraction of sp³-hybridized carbons (Fsp3) is 0.545. The third-order valence-corrected chi connectivity index (χ3v) is 5.21. The van der Waals surface area contributed by atoms with E-state index in [2.05, 4.69) is 41.2 Å². The molecule has 152 valence electrons. The molecular weight excluding hydrogens is 354 g/mol. The Hall–Kier alpha value is -2.34. The van der Waals surface area contributed by atoms with Gasteiger partial charge in [0.25, 0.3) is 5.91 Å². The number of benzene rings is 1. The first-order valence-electron chi connectivity index (χ1n) is 10.3. The molecule has 0 saturated heterocycles. The molecule has 0 radical (unpaired) electrons. The molecule has 0 spiro atoms. The van der Waals surface area contributed by atoms with Crippen LogP contribution in [0.1, 0.15) is 62.0 Å². The number of amides is 1. The van der Waals surface area contributed by atoms with Gasteiger partial charge in [0.2, 0.25) is 5.89 Å². The van der Waals surface area contributed by atoms with Crippen LogP contribution in [0.15, 0.2) is 34.9 Å². The average molecular weight is 386 g/mol. The Kier molecular flexibility index (Phi) is 7.09. The zero-order chi connectivity index (χ0) is 19.9. The van der Waals surface area contributed by atoms with Crippen molar-refractivity contribution in [3.63, 3.8) is 0 Å². The Labute approximate surface area is 167 Å². The van der Waals surface area contributed by atoms with Gasteiger partial charge >= 0.3 is 0 Å². The van der Waals surface area contributed by atoms with Crippen LogP contribution in [0.25, 0.3) is 0 Å². The third-order valence-electron chi connectivity index (χ3n) is 5.21. The first-order chi connectivity index (χ1) is 13.6. The van der Waals surface area contributed by atoms with E-state index in [0.29, 0.717) is 36.7 Å². The van der Waals surface area contributed by atoms with E-state index in [-0.39, 0.29) is 5.91 Å². The highest BCUT2D eigenvalue weighted by Crippen LogP contribution is 2.27. The monoisotopic (exact) mass is 385 g/mol. The highest BCUT2D eigenvalue weighted by molar-refractivity contribution is 5.91. The quantitative estimate of drug-likeness (QED) is 0.633. The number of nitrogens with zero attached hydrogens (tertiary/aromatic N) is 2. The molecule has 1 atom stereocenters. The molecule has 2 aromatic rings. The van der Waals surface area contributed by atoms with Crippen molar-refractivity contribution in [2.24, 2.45) is 5.92 Å². The minimum Gasteiger partial charge on any atom is -0.494 e. The Bertz CT molecular complexity index is 753. The molecule has 6 nitrogen and oxygen atoms in total. The summed E-state index contributed by atoms with van der Waals surface area (Å²) in [5.74, 6) is 1.95. The predicted octanol–water partition coefficient (Wildman–Crippen LogP) is 4.01. The zero-order valence-electron chi connectivity index (χ0n) is 17.1. The number of hydrogen-bond acceptors (Lipinski definition) is 5. The summed E-state index contributed by atoms with van der Waals surface area (Å²) in [7, 11) is 0. The van der Waals surface area contributed by atoms with Crippen molar-refractivity contribution in [2.75, 3.05) is 13.2 Å². The molecule has 1 aliphatic rings. The Balaban J connectivity index is 1.61. The van der Waals surface area contributed by atoms with Gasteiger partial charge in [-0.15, -0.1) is 0 Å². The number of aromatic nitrogens is 1. The lowest BCUT2D eigenvalue weighted by atomic mass is 10.1. The highest BCUT2D eigenvalue weighted by atomic mass is 16.5. The molecule has 1 aliphatic carbocycles. The lowest BCUT2D eigenvalue weighted by Crippen LogP contribution is -2.32. The lowest BCUT2D eigenvalue weighted by Gasteiger charge is -2.27. The van der Waals surface area contributed by atoms with Gasteiger partial charge in [-0.3, -0.25) is 9.69 Å². The summed E-state index contributed by atoms with van der Waals surface area (Å²) in [5, 5.41) is 2.93. The van der Waals surface area contributed by atoms with Crippen molar-refractivity contribution < 1.29 is 13.9 Å². The van der Waals surface area contributed by atoms with Gasteiger partial charge in [0, 0.05) is 19.1 Å². The van der Waals surface area contributed by atoms with E-state index in [1.165, 1.54) is 24.7 Å². The van der Waals surface area contributed by atoms with Crippen molar-refractivity contribution in [1.29, 1.82) is 0 Å². The van der Waals surface area contributed by atoms with E-state index in [1.807, 2.05) is 19.1 Å². The maximum atomic E-state index is 12.2. The van der Waals surface area contributed by atoms with Crippen molar-refractivity contribution in [1.82, 2.24) is 15.2 Å². The van der Waals surface area contributed by atoms with Crippen molar-refractivity contribution in [3.05, 3.63) is 47.7 Å². The smallest absolute Gasteiger partial charge is 0.273 e. The summed E-state index contributed by atoms with van der Waals surface area (Å²) in [6, 6.07) is 8.55. The van der Waals surface area contributed by atoms with E-state index in [9.17, 15) is 4.79 Å². The van der Waals surface area contributed by atoms with Gasteiger partial charge in [-0.25, -0.2) is 4.98 Å². The summed E-state index contributed by atoms with van der Waals surface area (Å²) in [6.45, 7) is 9.10. The molecule has 3 rings (SSSR count). The first kappa shape index (κ1) is 20.4. The van der Waals surface area contributed by atoms with Crippen molar-refractivity contribution in [3.8, 4) is 5.75 Å². The van der Waals surface area contributed by atoms with Crippen LogP contribution in [-0.4, -0.2) is 35.0 Å². The second-order valence-electron chi connectivity index (χ2n) is 7.52. The van der Waals surface area contributed by atoms with Gasteiger partial charge in [0.05, 0.1) is 13.2 Å². The number of carbonyl (C=O) groups excluding carboxylic acids is 1. The summed E-state index contributed by atoms with van der Waals surface area (Å²) < 4.78 is 11.1. The molecule has 1 N–H and O–H groups in total. The van der Waals surface area contributed by atoms with E-state index in [1.54, 1.807) is 0 Å². The van der Waals surface area contributed by atoms with Gasteiger partial charge in [-0.1, -0.05) is 19.1 Å². The van der Waals surface area contributed by atoms with E-state index < -0.39 is 0 Å². The fourth-order valence-electron chi connectivity index (χ4n) is 3.03. The molecule has 0 bridgehead atoms. The normalized spacial score (nSPS) is 14.9. The first-order valence-corrected chi connectivity index (χ1v) is 10.3. The largest absolute Gasteiger partial charge is 0.494 e. The molecule has 1 saturated carbocycles. The maximum absolute atomic E-state index is 12.2. The minimum atomic E-state index is -0.150. The van der Waals surface area contributed by atoms with Gasteiger partial charge in [-0.2, -0.15) is 0 Å². The van der Waals surface area contributed by atoms with Crippen molar-refractivity contribution >= 4 is 5.91 Å². The molecule has 1 aromatic heterocycles. The number of rotatable bonds is 11. The maximum Gasteiger partial charge on any atom is 0.273 e. The van der Waals surface area contributed by atoms with Crippen LogP contribution in [-0.2, 0) is 13.1 Å². The second-order valence-corrected chi connectivity index (χ2v) is 7.52. The average Bonchev–Trinajstić information content (AvgIpc) is 3.43. The third kappa shape index (κ3) is 5.83. The highest BCUT2D eigenvalue weighted by Gasteiger charge is 2.23. The van der Waals surface area contributed by atoms with Crippen LogP contribution in [0.5, 0.6) is 5.75 Å². The summed E-state index contributed by atoms with van der Waals surface area (Å²) in [5.41, 5.74) is 1.57. The molecule has 1 amide bonds. The second kappa shape index (κ2) is 9.73. The summed E-state index contributed by atoms with van der Waals surface area (Å²) >= 11 is 0. The standard InChI is InChI=1S/C22H31N3O3/c1-4-16(3)25(13-18-8-10-19(11-9-18)27-5-2)14-21-24-20(15-28-21)22(26)23-12-17-6-7-17/h8-11,15-17H,4-7,12-14H2,1-3H3,(H,23,26). The van der Waals surface area contributed by atoms with E-state index in [0.717, 1.165) is 25.3 Å². The number of ether oxygens (including phenoxy) is 1. The Morgan fingerprint density at radius 1 is 1.29 bits per heavy atom. The Morgan fingerprint density at radius 3 is 2.68 bits per heavy atom. The topological polar surface area (TPSA) is 67.6 Å². The molecule has 0 aliphatic heterocycles. The Morgan fingerprint density at radius 2 is 2.04 bits per heavy atom. The van der Waals surface area contributed by atoms with Gasteiger partial charge in [0.15, 0.2) is 5.69 Å². The number of nitrogens with one attached hydrogen (secondary N) is 1. The summed E-state index contributed by atoms with van der Waals surface area (Å²) in [6.07, 6.45) is 4.90. The summed E-state index contributed by atoms with van der Waals surface area (Å²) in [4.78, 5) is 18.9. The van der Waals surface area contributed by atoms with Gasteiger partial charge in [-0.05, 0) is 56.7 Å². The predicted molar refractivity (Wildman–Crippen MR) is 108 cm³/mol.